The fraction of sp³-hybridized carbons (Fsp3) is 0.560. The maximum absolute atomic E-state index is 14.7. The van der Waals surface area contributed by atoms with E-state index in [1.165, 1.54) is 6.92 Å². The van der Waals surface area contributed by atoms with Crippen molar-refractivity contribution in [2.75, 3.05) is 32.6 Å². The molecule has 4 aliphatic carbocycles. The van der Waals surface area contributed by atoms with Crippen LogP contribution in [0.2, 0.25) is 0 Å². The minimum atomic E-state index is -1.50. The van der Waals surface area contributed by atoms with Crippen molar-refractivity contribution in [2.45, 2.75) is 122 Å². The molecule has 0 unspecified atom stereocenters. The Bertz CT molecular complexity index is 2270. The number of benzene rings is 2. The van der Waals surface area contributed by atoms with Gasteiger partial charge in [0, 0.05) is 28.0 Å². The fourth-order valence-corrected chi connectivity index (χ4v) is 11.3. The molecule has 4 N–H and O–H groups in total. The molecule has 15 nitrogen and oxygen atoms in total. The Balaban J connectivity index is 1.03. The number of hydrogen-bond donors (Lipinski definition) is 4. The summed E-state index contributed by atoms with van der Waals surface area (Å²) >= 11 is 0. The molecule has 65 heavy (non-hydrogen) atoms. The summed E-state index contributed by atoms with van der Waals surface area (Å²) < 4.78 is 24.5. The lowest BCUT2D eigenvalue weighted by atomic mass is 9.46. The van der Waals surface area contributed by atoms with Crippen LogP contribution in [0.3, 0.4) is 0 Å². The average molecular weight is 897 g/mol. The van der Waals surface area contributed by atoms with Gasteiger partial charge < -0.3 is 40.0 Å². The highest BCUT2D eigenvalue weighted by molar-refractivity contribution is 6.01. The Morgan fingerprint density at radius 1 is 0.969 bits per heavy atom. The molecule has 1 heterocycles. The van der Waals surface area contributed by atoms with E-state index in [1.807, 2.05) is 55.5 Å². The van der Waals surface area contributed by atoms with Crippen LogP contribution in [0.1, 0.15) is 97.1 Å². The highest BCUT2D eigenvalue weighted by Crippen LogP contribution is 2.70. The molecule has 2 aromatic rings. The fourth-order valence-electron chi connectivity index (χ4n) is 11.3. The van der Waals surface area contributed by atoms with Gasteiger partial charge in [0.25, 0.3) is 0 Å². The topological polar surface area (TPSA) is 199 Å². The first-order valence-corrected chi connectivity index (χ1v) is 22.6. The third-order valence-electron chi connectivity index (χ3n) is 14.2. The van der Waals surface area contributed by atoms with E-state index >= 15 is 0 Å². The summed E-state index contributed by atoms with van der Waals surface area (Å²) in [5.74, 6) is -2.11. The highest BCUT2D eigenvalue weighted by Gasteiger charge is 2.76. The Morgan fingerprint density at radius 3 is 2.37 bits per heavy atom. The van der Waals surface area contributed by atoms with Gasteiger partial charge in [-0.1, -0.05) is 61.9 Å². The number of alkyl carbamates (subject to hydrolysis) is 1. The third kappa shape index (κ3) is 9.56. The number of fused-ring (bicyclic) bond motifs is 7. The lowest BCUT2D eigenvalue weighted by molar-refractivity contribution is -0.202. The number of hydrogen-bond acceptors (Lipinski definition) is 12. The van der Waals surface area contributed by atoms with E-state index in [0.29, 0.717) is 30.5 Å². The van der Waals surface area contributed by atoms with Gasteiger partial charge in [-0.2, -0.15) is 0 Å². The Labute approximate surface area is 381 Å². The van der Waals surface area contributed by atoms with E-state index in [4.69, 9.17) is 18.9 Å². The molecule has 2 aromatic carbocycles. The smallest absolute Gasteiger partial charge is 0.408 e. The maximum Gasteiger partial charge on any atom is 0.408 e. The minimum Gasteiger partial charge on any atom is -0.457 e. The van der Waals surface area contributed by atoms with Crippen molar-refractivity contribution in [2.24, 2.45) is 28.6 Å². The summed E-state index contributed by atoms with van der Waals surface area (Å²) in [5.41, 5.74) is 0.602. The summed E-state index contributed by atoms with van der Waals surface area (Å²) in [6.07, 6.45) is 4.98. The van der Waals surface area contributed by atoms with Crippen molar-refractivity contribution >= 4 is 41.1 Å². The zero-order valence-electron chi connectivity index (χ0n) is 38.9. The number of amides is 3. The second-order valence-electron chi connectivity index (χ2n) is 20.3. The van der Waals surface area contributed by atoms with Crippen molar-refractivity contribution in [3.8, 4) is 0 Å². The normalized spacial score (nSPS) is 31.0. The molecule has 5 aliphatic rings. The number of nitrogens with one attached hydrogen (secondary N) is 3. The number of allylic oxidation sites excluding steroid dienone is 4. The maximum atomic E-state index is 14.7. The van der Waals surface area contributed by atoms with Gasteiger partial charge in [-0.15, -0.1) is 0 Å². The molecule has 7 rings (SSSR count). The number of carbonyl (C=O) groups excluding carboxylic acids is 6. The Morgan fingerprint density at radius 2 is 1.68 bits per heavy atom. The quantitative estimate of drug-likeness (QED) is 0.189. The minimum absolute atomic E-state index is 0.0119. The monoisotopic (exact) mass is 896 g/mol. The zero-order valence-corrected chi connectivity index (χ0v) is 38.9. The van der Waals surface area contributed by atoms with Gasteiger partial charge in [0.05, 0.1) is 18.8 Å². The molecule has 15 heteroatoms. The van der Waals surface area contributed by atoms with Crippen LogP contribution < -0.4 is 16.0 Å². The van der Waals surface area contributed by atoms with Crippen molar-refractivity contribution < 1.29 is 52.8 Å². The number of rotatable bonds is 13. The van der Waals surface area contributed by atoms with Gasteiger partial charge >= 0.3 is 12.1 Å². The van der Waals surface area contributed by atoms with E-state index in [0.717, 1.165) is 23.1 Å². The molecular weight excluding hydrogens is 833 g/mol. The number of ether oxygens (including phenoxy) is 4. The molecule has 0 bridgehead atoms. The number of aliphatic hydroxyl groups excluding tert-OH is 1. The van der Waals surface area contributed by atoms with Crippen molar-refractivity contribution in [1.82, 2.24) is 15.5 Å². The largest absolute Gasteiger partial charge is 0.457 e. The molecule has 4 fully saturated rings. The standard InChI is InChI=1S/C50H64N4O11/c1-28(51-43(59)29(2)52-46(61)65-47(3,4)5)44(60)53-34-12-10-11-31(22-34)21-30-13-15-32(16-14-30)45-63-40-24-37-36-18-17-33-23-35(55)19-20-48(33,6)42(36)38(56)25-49(37,7)50(40,64-45)39(57)27-62-41(58)26-54(8)9/h10-16,19-20,22-23,28-29,36-38,40,42,45,56H,17-18,21,24-27H2,1-9H3,(H,51,59)(H,52,61)(H,53,60)/t28-,29-,36-,37-,38-,40+,42+,45+,48-,49-,50+/m0/s1. The van der Waals surface area contributed by atoms with Gasteiger partial charge in [-0.05, 0) is 128 Å². The van der Waals surface area contributed by atoms with Crippen LogP contribution in [0.5, 0.6) is 0 Å². The lowest BCUT2D eigenvalue weighted by Crippen LogP contribution is -2.63. The number of nitrogens with zero attached hydrogens (tertiary/aromatic N) is 1. The first-order chi connectivity index (χ1) is 30.5. The number of likely N-dealkylation sites (N-methyl/N-ethyl adjacent to an activating group) is 1. The first-order valence-electron chi connectivity index (χ1n) is 22.6. The number of anilines is 1. The number of aliphatic hydroxyl groups is 1. The van der Waals surface area contributed by atoms with E-state index < -0.39 is 83.1 Å². The van der Waals surface area contributed by atoms with Crippen molar-refractivity contribution in [1.29, 1.82) is 0 Å². The lowest BCUT2D eigenvalue weighted by Gasteiger charge is -2.59. The molecule has 1 aliphatic heterocycles. The molecule has 11 atom stereocenters. The van der Waals surface area contributed by atoms with E-state index in [-0.39, 0.29) is 42.3 Å². The van der Waals surface area contributed by atoms with E-state index in [2.05, 4.69) is 22.9 Å². The third-order valence-corrected chi connectivity index (χ3v) is 14.2. The van der Waals surface area contributed by atoms with Crippen molar-refractivity contribution in [3.05, 3.63) is 89.0 Å². The van der Waals surface area contributed by atoms with Gasteiger partial charge in [0.15, 0.2) is 24.3 Å². The summed E-state index contributed by atoms with van der Waals surface area (Å²) in [6, 6.07) is 13.3. The highest BCUT2D eigenvalue weighted by atomic mass is 16.7. The molecule has 3 amide bonds. The second kappa shape index (κ2) is 18.2. The Hall–Kier alpha value is -5.22. The molecular formula is C50H64N4O11. The SMILES string of the molecule is C[C@H](NC(=O)OC(C)(C)C)C(=O)N[C@@H](C)C(=O)Nc1cccc(Cc2ccc([C@@H]3O[C@@H]4C[C@H]5[C@@H]6CCC7=CC(=O)C=C[C@]7(C)[C@H]6[C@@H](O)C[C@]5(C)[C@]4(C(=O)COC(=O)CN(C)C)O3)cc2)c1. The van der Waals surface area contributed by atoms with Crippen molar-refractivity contribution in [3.63, 3.8) is 0 Å². The predicted molar refractivity (Wildman–Crippen MR) is 240 cm³/mol. The predicted octanol–water partition coefficient (Wildman–Crippen LogP) is 5.35. The number of ketones is 2. The number of Topliss-reactive ketones (excluding diaryl/α,β-unsaturated/α-hetero) is 1. The van der Waals surface area contributed by atoms with Crippen LogP contribution in [0.25, 0.3) is 0 Å². The van der Waals surface area contributed by atoms with Gasteiger partial charge in [-0.25, -0.2) is 4.79 Å². The van der Waals surface area contributed by atoms with Crippen LogP contribution in [0.4, 0.5) is 10.5 Å². The molecule has 0 radical (unpaired) electrons. The van der Waals surface area contributed by atoms with Crippen LogP contribution in [-0.4, -0.2) is 108 Å². The average Bonchev–Trinajstić information content (AvgIpc) is 3.72. The van der Waals surface area contributed by atoms with Crippen LogP contribution >= 0.6 is 0 Å². The van der Waals surface area contributed by atoms with Gasteiger partial charge in [0.1, 0.15) is 17.7 Å². The summed E-state index contributed by atoms with van der Waals surface area (Å²) in [6.45, 7) is 11.9. The summed E-state index contributed by atoms with van der Waals surface area (Å²) in [4.78, 5) is 79.3. The zero-order chi connectivity index (χ0) is 47.2. The van der Waals surface area contributed by atoms with Gasteiger partial charge in [-0.3, -0.25) is 28.9 Å². The van der Waals surface area contributed by atoms with Gasteiger partial charge in [0.2, 0.25) is 17.6 Å². The molecule has 0 spiro atoms. The first kappa shape index (κ1) is 47.7. The number of carbonyl (C=O) groups is 6. The Kier molecular flexibility index (Phi) is 13.4. The van der Waals surface area contributed by atoms with E-state index in [1.54, 1.807) is 64.9 Å². The number of esters is 1. The summed E-state index contributed by atoms with van der Waals surface area (Å²) in [7, 11) is 3.49. The molecule has 0 aromatic heterocycles. The van der Waals surface area contributed by atoms with E-state index in [9.17, 15) is 33.9 Å². The van der Waals surface area contributed by atoms with Crippen LogP contribution in [-0.2, 0) is 49.3 Å². The molecule has 1 saturated heterocycles. The molecule has 3 saturated carbocycles. The second-order valence-corrected chi connectivity index (χ2v) is 20.3. The molecule has 350 valence electrons. The van der Waals surface area contributed by atoms with Crippen LogP contribution in [0.15, 0.2) is 72.3 Å². The van der Waals surface area contributed by atoms with Crippen LogP contribution in [0, 0.1) is 28.6 Å². The summed E-state index contributed by atoms with van der Waals surface area (Å²) in [5, 5.41) is 20.1.